The Labute approximate surface area is 124 Å². The van der Waals surface area contributed by atoms with Crippen molar-refractivity contribution in [2.24, 2.45) is 5.92 Å². The fraction of sp³-hybridized carbons (Fsp3) is 0.562. The minimum absolute atomic E-state index is 0.0123. The van der Waals surface area contributed by atoms with Gasteiger partial charge in [0.1, 0.15) is 0 Å². The predicted octanol–water partition coefficient (Wildman–Crippen LogP) is 2.51. The van der Waals surface area contributed by atoms with E-state index in [1.165, 1.54) is 12.1 Å². The minimum atomic E-state index is -0.540. The molecule has 116 valence electrons. The first-order valence-electron chi connectivity index (χ1n) is 7.51. The van der Waals surface area contributed by atoms with Crippen molar-refractivity contribution in [2.75, 3.05) is 13.2 Å². The molecule has 0 radical (unpaired) electrons. The van der Waals surface area contributed by atoms with E-state index in [1.807, 2.05) is 0 Å². The van der Waals surface area contributed by atoms with E-state index < -0.39 is 5.82 Å². The van der Waals surface area contributed by atoms with Gasteiger partial charge in [0.25, 0.3) is 5.91 Å². The van der Waals surface area contributed by atoms with Gasteiger partial charge in [-0.15, -0.1) is 0 Å². The standard InChI is InChI=1S/C16H22FNO3/c1-2-21-15-12(7-5-8-13(15)17)16(20)18-10-11-6-3-4-9-14(11)19/h5,7-8,11,14,19H,2-4,6,9-10H2,1H3,(H,18,20)/t11-,14+/m0/s1. The maximum absolute atomic E-state index is 13.7. The molecule has 1 fully saturated rings. The van der Waals surface area contributed by atoms with Crippen LogP contribution in [0.4, 0.5) is 4.39 Å². The number of carbonyl (C=O) groups is 1. The van der Waals surface area contributed by atoms with Crippen LogP contribution in [-0.4, -0.2) is 30.3 Å². The average Bonchev–Trinajstić information content (AvgIpc) is 2.48. The van der Waals surface area contributed by atoms with Gasteiger partial charge in [0.05, 0.1) is 18.3 Å². The van der Waals surface area contributed by atoms with Gasteiger partial charge < -0.3 is 15.2 Å². The zero-order chi connectivity index (χ0) is 15.2. The highest BCUT2D eigenvalue weighted by Gasteiger charge is 2.24. The topological polar surface area (TPSA) is 58.6 Å². The number of amides is 1. The number of ether oxygens (including phenoxy) is 1. The molecule has 1 aromatic rings. The van der Waals surface area contributed by atoms with E-state index in [-0.39, 0.29) is 29.2 Å². The number of benzene rings is 1. The van der Waals surface area contributed by atoms with Gasteiger partial charge in [0, 0.05) is 12.5 Å². The molecule has 0 heterocycles. The molecule has 0 aromatic heterocycles. The van der Waals surface area contributed by atoms with E-state index in [0.29, 0.717) is 13.2 Å². The number of hydrogen-bond donors (Lipinski definition) is 2. The molecule has 0 bridgehead atoms. The molecule has 0 spiro atoms. The summed E-state index contributed by atoms with van der Waals surface area (Å²) in [6.45, 7) is 2.44. The van der Waals surface area contributed by atoms with Crippen LogP contribution in [0.1, 0.15) is 43.0 Å². The van der Waals surface area contributed by atoms with Crippen LogP contribution in [0.2, 0.25) is 0 Å². The third kappa shape index (κ3) is 3.94. The summed E-state index contributed by atoms with van der Waals surface area (Å²) >= 11 is 0. The van der Waals surface area contributed by atoms with Crippen molar-refractivity contribution in [1.82, 2.24) is 5.32 Å². The lowest BCUT2D eigenvalue weighted by atomic mass is 9.86. The molecular weight excluding hydrogens is 273 g/mol. The molecule has 4 nitrogen and oxygen atoms in total. The summed E-state index contributed by atoms with van der Waals surface area (Å²) in [6, 6.07) is 4.30. The van der Waals surface area contributed by atoms with Gasteiger partial charge in [0.15, 0.2) is 11.6 Å². The molecular formula is C16H22FNO3. The molecule has 2 N–H and O–H groups in total. The van der Waals surface area contributed by atoms with Gasteiger partial charge in [-0.05, 0) is 31.9 Å². The van der Waals surface area contributed by atoms with Crippen molar-refractivity contribution in [3.05, 3.63) is 29.6 Å². The van der Waals surface area contributed by atoms with Gasteiger partial charge >= 0.3 is 0 Å². The molecule has 5 heteroatoms. The van der Waals surface area contributed by atoms with Gasteiger partial charge in [-0.25, -0.2) is 4.39 Å². The summed E-state index contributed by atoms with van der Waals surface area (Å²) in [7, 11) is 0. The Kier molecular flexibility index (Phi) is 5.56. The zero-order valence-electron chi connectivity index (χ0n) is 12.3. The molecule has 1 amide bonds. The molecule has 1 saturated carbocycles. The molecule has 1 aliphatic rings. The lowest BCUT2D eigenvalue weighted by Crippen LogP contribution is -2.36. The number of halogens is 1. The first-order chi connectivity index (χ1) is 10.1. The number of aliphatic hydroxyl groups excluding tert-OH is 1. The molecule has 21 heavy (non-hydrogen) atoms. The third-order valence-electron chi connectivity index (χ3n) is 3.89. The van der Waals surface area contributed by atoms with Crippen LogP contribution >= 0.6 is 0 Å². The summed E-state index contributed by atoms with van der Waals surface area (Å²) in [5.41, 5.74) is 0.196. The van der Waals surface area contributed by atoms with E-state index in [1.54, 1.807) is 13.0 Å². The van der Waals surface area contributed by atoms with Gasteiger partial charge in [-0.1, -0.05) is 18.9 Å². The smallest absolute Gasteiger partial charge is 0.255 e. The summed E-state index contributed by atoms with van der Waals surface area (Å²) in [5, 5.41) is 12.7. The van der Waals surface area contributed by atoms with Crippen molar-refractivity contribution in [3.8, 4) is 5.75 Å². The van der Waals surface area contributed by atoms with E-state index in [4.69, 9.17) is 4.74 Å². The fourth-order valence-corrected chi connectivity index (χ4v) is 2.72. The zero-order valence-corrected chi connectivity index (χ0v) is 12.3. The number of rotatable bonds is 5. The Morgan fingerprint density at radius 3 is 2.90 bits per heavy atom. The van der Waals surface area contributed by atoms with E-state index in [2.05, 4.69) is 5.32 Å². The number of carbonyl (C=O) groups excluding carboxylic acids is 1. The minimum Gasteiger partial charge on any atom is -0.490 e. The van der Waals surface area contributed by atoms with Crippen LogP contribution in [0.5, 0.6) is 5.75 Å². The average molecular weight is 295 g/mol. The second-order valence-electron chi connectivity index (χ2n) is 5.37. The number of nitrogens with one attached hydrogen (secondary N) is 1. The van der Waals surface area contributed by atoms with Crippen molar-refractivity contribution in [2.45, 2.75) is 38.7 Å². The summed E-state index contributed by atoms with van der Waals surface area (Å²) in [5.74, 6) is -0.841. The van der Waals surface area contributed by atoms with Crippen LogP contribution in [0, 0.1) is 11.7 Å². The number of aliphatic hydroxyl groups is 1. The molecule has 1 aliphatic carbocycles. The predicted molar refractivity (Wildman–Crippen MR) is 77.9 cm³/mol. The van der Waals surface area contributed by atoms with Crippen LogP contribution in [-0.2, 0) is 0 Å². The fourth-order valence-electron chi connectivity index (χ4n) is 2.72. The van der Waals surface area contributed by atoms with Gasteiger partial charge in [-0.3, -0.25) is 4.79 Å². The Balaban J connectivity index is 2.01. The number of hydrogen-bond acceptors (Lipinski definition) is 3. The third-order valence-corrected chi connectivity index (χ3v) is 3.89. The van der Waals surface area contributed by atoms with Crippen LogP contribution in [0.25, 0.3) is 0 Å². The molecule has 1 aromatic carbocycles. The second-order valence-corrected chi connectivity index (χ2v) is 5.37. The molecule has 2 atom stereocenters. The highest BCUT2D eigenvalue weighted by molar-refractivity contribution is 5.97. The first kappa shape index (κ1) is 15.8. The highest BCUT2D eigenvalue weighted by Crippen LogP contribution is 2.25. The summed E-state index contributed by atoms with van der Waals surface area (Å²) in [6.07, 6.45) is 3.43. The summed E-state index contributed by atoms with van der Waals surface area (Å²) < 4.78 is 18.9. The van der Waals surface area contributed by atoms with Crippen molar-refractivity contribution >= 4 is 5.91 Å². The lowest BCUT2D eigenvalue weighted by molar-refractivity contribution is 0.0662. The Hall–Kier alpha value is -1.62. The second kappa shape index (κ2) is 7.41. The Bertz CT molecular complexity index is 492. The van der Waals surface area contributed by atoms with Gasteiger partial charge in [-0.2, -0.15) is 0 Å². The van der Waals surface area contributed by atoms with Crippen molar-refractivity contribution in [3.63, 3.8) is 0 Å². The molecule has 0 unspecified atom stereocenters. The molecule has 0 saturated heterocycles. The lowest BCUT2D eigenvalue weighted by Gasteiger charge is -2.27. The number of para-hydroxylation sites is 1. The first-order valence-corrected chi connectivity index (χ1v) is 7.51. The van der Waals surface area contributed by atoms with Crippen LogP contribution in [0.3, 0.4) is 0 Å². The van der Waals surface area contributed by atoms with Crippen LogP contribution < -0.4 is 10.1 Å². The highest BCUT2D eigenvalue weighted by atomic mass is 19.1. The quantitative estimate of drug-likeness (QED) is 0.877. The van der Waals surface area contributed by atoms with Crippen molar-refractivity contribution < 1.29 is 19.0 Å². The normalized spacial score (nSPS) is 21.9. The SMILES string of the molecule is CCOc1c(F)cccc1C(=O)NC[C@@H]1CCCC[C@H]1O. The van der Waals surface area contributed by atoms with Crippen molar-refractivity contribution in [1.29, 1.82) is 0 Å². The van der Waals surface area contributed by atoms with E-state index >= 15 is 0 Å². The Morgan fingerprint density at radius 2 is 2.19 bits per heavy atom. The molecule has 0 aliphatic heterocycles. The van der Waals surface area contributed by atoms with E-state index in [0.717, 1.165) is 25.7 Å². The summed E-state index contributed by atoms with van der Waals surface area (Å²) in [4.78, 5) is 12.2. The van der Waals surface area contributed by atoms with Crippen LogP contribution in [0.15, 0.2) is 18.2 Å². The van der Waals surface area contributed by atoms with E-state index in [9.17, 15) is 14.3 Å². The van der Waals surface area contributed by atoms with Gasteiger partial charge in [0.2, 0.25) is 0 Å². The maximum Gasteiger partial charge on any atom is 0.255 e. The molecule has 2 rings (SSSR count). The Morgan fingerprint density at radius 1 is 1.43 bits per heavy atom. The largest absolute Gasteiger partial charge is 0.490 e. The maximum atomic E-state index is 13.7. The monoisotopic (exact) mass is 295 g/mol.